The smallest absolute Gasteiger partial charge is 0.0857 e. The Morgan fingerprint density at radius 2 is 1.89 bits per heavy atom. The number of nitroso groups, excluding NO2 is 1. The van der Waals surface area contributed by atoms with E-state index in [4.69, 9.17) is 0 Å². The van der Waals surface area contributed by atoms with E-state index in [-0.39, 0.29) is 0 Å². The number of anilines is 2. The molecule has 1 aromatic rings. The van der Waals surface area contributed by atoms with Gasteiger partial charge in [-0.3, -0.25) is 0 Å². The van der Waals surface area contributed by atoms with Gasteiger partial charge < -0.3 is 5.32 Å². The molecular weight excluding hydrogens is 226 g/mol. The molecule has 0 aliphatic rings. The molecule has 0 aliphatic heterocycles. The molecule has 0 fully saturated rings. The summed E-state index contributed by atoms with van der Waals surface area (Å²) in [4.78, 5) is 10.9. The highest BCUT2D eigenvalue weighted by Gasteiger charge is 2.10. The van der Waals surface area contributed by atoms with Crippen molar-refractivity contribution in [3.8, 4) is 0 Å². The molecule has 0 amide bonds. The van der Waals surface area contributed by atoms with E-state index in [2.05, 4.69) is 24.5 Å². The zero-order valence-electron chi connectivity index (χ0n) is 11.4. The van der Waals surface area contributed by atoms with Gasteiger partial charge in [-0.2, -0.15) is 0 Å². The summed E-state index contributed by atoms with van der Waals surface area (Å²) in [5, 5.41) is 8.03. The Morgan fingerprint density at radius 1 is 1.17 bits per heavy atom. The number of nitrogens with one attached hydrogen (secondary N) is 1. The van der Waals surface area contributed by atoms with Gasteiger partial charge in [0.2, 0.25) is 0 Å². The zero-order chi connectivity index (χ0) is 13.2. The first kappa shape index (κ1) is 14.5. The van der Waals surface area contributed by atoms with Crippen LogP contribution < -0.4 is 10.3 Å². The van der Waals surface area contributed by atoms with E-state index in [1.807, 2.05) is 24.3 Å². The molecule has 1 aromatic carbocycles. The maximum Gasteiger partial charge on any atom is 0.0857 e. The average Bonchev–Trinajstić information content (AvgIpc) is 2.41. The van der Waals surface area contributed by atoms with Crippen LogP contribution in [0.1, 0.15) is 39.5 Å². The van der Waals surface area contributed by atoms with E-state index in [0.29, 0.717) is 6.54 Å². The lowest BCUT2D eigenvalue weighted by Gasteiger charge is -2.19. The van der Waals surface area contributed by atoms with Crippen molar-refractivity contribution in [1.82, 2.24) is 0 Å². The first-order valence-corrected chi connectivity index (χ1v) is 6.77. The van der Waals surface area contributed by atoms with Crippen molar-refractivity contribution in [2.75, 3.05) is 23.4 Å². The van der Waals surface area contributed by atoms with Gasteiger partial charge in [0, 0.05) is 13.1 Å². The third-order valence-corrected chi connectivity index (χ3v) is 2.85. The standard InChI is InChI=1S/C14H23N3O/c1-3-5-11-15-13-9-7-8-10-14(13)17(16-18)12-6-4-2/h7-10,15H,3-6,11-12H2,1-2H3. The van der Waals surface area contributed by atoms with E-state index in [0.717, 1.165) is 43.6 Å². The molecule has 0 saturated heterocycles. The third-order valence-electron chi connectivity index (χ3n) is 2.85. The SMILES string of the molecule is CCCCNc1ccccc1N(CCCC)N=O. The van der Waals surface area contributed by atoms with Crippen molar-refractivity contribution < 1.29 is 0 Å². The van der Waals surface area contributed by atoms with Gasteiger partial charge in [-0.25, -0.2) is 5.01 Å². The van der Waals surface area contributed by atoms with Gasteiger partial charge >= 0.3 is 0 Å². The van der Waals surface area contributed by atoms with Crippen LogP contribution in [0.5, 0.6) is 0 Å². The Balaban J connectivity index is 2.74. The lowest BCUT2D eigenvalue weighted by molar-refractivity contribution is 0.736. The molecule has 4 nitrogen and oxygen atoms in total. The highest BCUT2D eigenvalue weighted by atomic mass is 16.3. The molecular formula is C14H23N3O. The molecule has 0 bridgehead atoms. The molecule has 18 heavy (non-hydrogen) atoms. The van der Waals surface area contributed by atoms with Crippen LogP contribution in [0.4, 0.5) is 11.4 Å². The minimum Gasteiger partial charge on any atom is -0.383 e. The molecule has 0 atom stereocenters. The van der Waals surface area contributed by atoms with Gasteiger partial charge in [0.25, 0.3) is 0 Å². The van der Waals surface area contributed by atoms with Gasteiger partial charge in [-0.15, -0.1) is 4.91 Å². The van der Waals surface area contributed by atoms with Crippen LogP contribution in [0.15, 0.2) is 29.6 Å². The molecule has 100 valence electrons. The Morgan fingerprint density at radius 3 is 2.56 bits per heavy atom. The van der Waals surface area contributed by atoms with Crippen LogP contribution in [0.2, 0.25) is 0 Å². The van der Waals surface area contributed by atoms with Crippen molar-refractivity contribution in [2.24, 2.45) is 5.29 Å². The van der Waals surface area contributed by atoms with E-state index in [1.165, 1.54) is 5.01 Å². The summed E-state index contributed by atoms with van der Waals surface area (Å²) in [5.41, 5.74) is 1.86. The monoisotopic (exact) mass is 249 g/mol. The summed E-state index contributed by atoms with van der Waals surface area (Å²) < 4.78 is 0. The number of hydrogen-bond donors (Lipinski definition) is 1. The van der Waals surface area contributed by atoms with E-state index >= 15 is 0 Å². The summed E-state index contributed by atoms with van der Waals surface area (Å²) in [6, 6.07) is 7.84. The van der Waals surface area contributed by atoms with Gasteiger partial charge in [-0.1, -0.05) is 38.8 Å². The molecule has 1 N–H and O–H groups in total. The summed E-state index contributed by atoms with van der Waals surface area (Å²) >= 11 is 0. The number of hydrogen-bond acceptors (Lipinski definition) is 3. The van der Waals surface area contributed by atoms with Crippen LogP contribution in [0, 0.1) is 4.91 Å². The molecule has 4 heteroatoms. The van der Waals surface area contributed by atoms with E-state index in [1.54, 1.807) is 0 Å². The second kappa shape index (κ2) is 8.50. The first-order valence-electron chi connectivity index (χ1n) is 6.77. The fraction of sp³-hybridized carbons (Fsp3) is 0.571. The number of nitrogens with zero attached hydrogens (tertiary/aromatic N) is 2. The molecule has 0 radical (unpaired) electrons. The van der Waals surface area contributed by atoms with Crippen LogP contribution in [-0.4, -0.2) is 13.1 Å². The van der Waals surface area contributed by atoms with Crippen molar-refractivity contribution in [2.45, 2.75) is 39.5 Å². The molecule has 0 aliphatic carbocycles. The highest BCUT2D eigenvalue weighted by molar-refractivity contribution is 5.69. The first-order chi connectivity index (χ1) is 8.83. The summed E-state index contributed by atoms with van der Waals surface area (Å²) in [6.45, 7) is 5.86. The fourth-order valence-electron chi connectivity index (χ4n) is 1.76. The fourth-order valence-corrected chi connectivity index (χ4v) is 1.76. The van der Waals surface area contributed by atoms with Gasteiger partial charge in [-0.05, 0) is 25.0 Å². The second-order valence-corrected chi connectivity index (χ2v) is 4.36. The predicted molar refractivity (Wildman–Crippen MR) is 77.9 cm³/mol. The summed E-state index contributed by atoms with van der Waals surface area (Å²) in [7, 11) is 0. The molecule has 1 rings (SSSR count). The maximum atomic E-state index is 10.9. The van der Waals surface area contributed by atoms with Crippen molar-refractivity contribution in [1.29, 1.82) is 0 Å². The molecule has 0 heterocycles. The quantitative estimate of drug-likeness (QED) is 0.405. The van der Waals surface area contributed by atoms with Gasteiger partial charge in [0.1, 0.15) is 0 Å². The average molecular weight is 249 g/mol. The maximum absolute atomic E-state index is 10.9. The largest absolute Gasteiger partial charge is 0.383 e. The second-order valence-electron chi connectivity index (χ2n) is 4.36. The molecule has 0 saturated carbocycles. The van der Waals surface area contributed by atoms with Crippen LogP contribution in [-0.2, 0) is 0 Å². The lowest BCUT2D eigenvalue weighted by Crippen LogP contribution is -2.18. The summed E-state index contributed by atoms with van der Waals surface area (Å²) in [6.07, 6.45) is 4.30. The Labute approximate surface area is 109 Å². The summed E-state index contributed by atoms with van der Waals surface area (Å²) in [5.74, 6) is 0. The zero-order valence-corrected chi connectivity index (χ0v) is 11.4. The van der Waals surface area contributed by atoms with E-state index in [9.17, 15) is 4.91 Å². The molecule has 0 aromatic heterocycles. The number of unbranched alkanes of at least 4 members (excludes halogenated alkanes) is 2. The van der Waals surface area contributed by atoms with Crippen molar-refractivity contribution in [3.63, 3.8) is 0 Å². The minimum atomic E-state index is 0.673. The van der Waals surface area contributed by atoms with Crippen LogP contribution in [0.25, 0.3) is 0 Å². The van der Waals surface area contributed by atoms with Gasteiger partial charge in [0.05, 0.1) is 16.7 Å². The number of benzene rings is 1. The van der Waals surface area contributed by atoms with E-state index < -0.39 is 0 Å². The number of para-hydroxylation sites is 2. The highest BCUT2D eigenvalue weighted by Crippen LogP contribution is 2.26. The normalized spacial score (nSPS) is 10.1. The Hall–Kier alpha value is -1.58. The van der Waals surface area contributed by atoms with Gasteiger partial charge in [0.15, 0.2) is 0 Å². The van der Waals surface area contributed by atoms with Crippen molar-refractivity contribution in [3.05, 3.63) is 29.2 Å². The predicted octanol–water partition coefficient (Wildman–Crippen LogP) is 4.19. The van der Waals surface area contributed by atoms with Crippen LogP contribution >= 0.6 is 0 Å². The Kier molecular flexibility index (Phi) is 6.84. The third kappa shape index (κ3) is 4.35. The minimum absolute atomic E-state index is 0.673. The topological polar surface area (TPSA) is 44.7 Å². The molecule has 0 unspecified atom stereocenters. The lowest BCUT2D eigenvalue weighted by atomic mass is 10.2. The molecule has 0 spiro atoms. The van der Waals surface area contributed by atoms with Crippen LogP contribution in [0.3, 0.4) is 0 Å². The Bertz CT molecular complexity index is 355. The number of rotatable bonds is 9. The van der Waals surface area contributed by atoms with Crippen molar-refractivity contribution >= 4 is 11.4 Å².